The lowest BCUT2D eigenvalue weighted by Crippen LogP contribution is -2.50. The maximum atomic E-state index is 12.2. The van der Waals surface area contributed by atoms with E-state index in [1.54, 1.807) is 0 Å². The molecular formula is C15H18N2O7. The van der Waals surface area contributed by atoms with E-state index in [2.05, 4.69) is 24.5 Å². The number of pyridine rings is 1. The molecule has 2 atom stereocenters. The number of nitrogens with one attached hydrogen (secondary N) is 1. The van der Waals surface area contributed by atoms with E-state index >= 15 is 0 Å². The third-order valence-electron chi connectivity index (χ3n) is 3.19. The normalized spacial score (nSPS) is 12.5. The van der Waals surface area contributed by atoms with Crippen LogP contribution in [0.1, 0.15) is 16.8 Å². The number of carbonyl (C=O) groups excluding carboxylic acids is 4. The number of aromatic nitrogens is 1. The number of carbonyl (C=O) groups is 4. The molecule has 0 fully saturated rings. The average Bonchev–Trinajstić information content (AvgIpc) is 2.63. The van der Waals surface area contributed by atoms with E-state index in [1.807, 2.05) is 0 Å². The third-order valence-corrected chi connectivity index (χ3v) is 3.19. The van der Waals surface area contributed by atoms with Crippen molar-refractivity contribution in [2.24, 2.45) is 5.92 Å². The fraction of sp³-hybridized carbons (Fsp3) is 0.400. The van der Waals surface area contributed by atoms with Gasteiger partial charge in [0, 0.05) is 12.4 Å². The first-order valence-electron chi connectivity index (χ1n) is 6.88. The van der Waals surface area contributed by atoms with Gasteiger partial charge in [-0.15, -0.1) is 0 Å². The molecule has 0 saturated carbocycles. The van der Waals surface area contributed by atoms with Crippen molar-refractivity contribution in [3.05, 3.63) is 30.1 Å². The molecule has 1 N–H and O–H groups in total. The van der Waals surface area contributed by atoms with Crippen molar-refractivity contribution in [1.82, 2.24) is 10.3 Å². The Kier molecular flexibility index (Phi) is 7.34. The van der Waals surface area contributed by atoms with Crippen molar-refractivity contribution in [3.8, 4) is 0 Å². The van der Waals surface area contributed by atoms with Gasteiger partial charge in [0.25, 0.3) is 5.91 Å². The van der Waals surface area contributed by atoms with Crippen molar-refractivity contribution in [1.29, 1.82) is 0 Å². The molecule has 9 heteroatoms. The van der Waals surface area contributed by atoms with Crippen LogP contribution < -0.4 is 5.32 Å². The predicted molar refractivity (Wildman–Crippen MR) is 79.6 cm³/mol. The summed E-state index contributed by atoms with van der Waals surface area (Å²) in [5, 5.41) is 2.37. The highest BCUT2D eigenvalue weighted by atomic mass is 16.5. The Balaban J connectivity index is 3.07. The van der Waals surface area contributed by atoms with Gasteiger partial charge in [-0.1, -0.05) is 0 Å². The van der Waals surface area contributed by atoms with Crippen LogP contribution in [-0.4, -0.2) is 56.2 Å². The van der Waals surface area contributed by atoms with Crippen LogP contribution in [0, 0.1) is 5.92 Å². The molecule has 1 amide bonds. The molecule has 0 bridgehead atoms. The van der Waals surface area contributed by atoms with Gasteiger partial charge in [0.15, 0.2) is 0 Å². The number of methoxy groups -OCH3 is 3. The maximum absolute atomic E-state index is 12.2. The summed E-state index contributed by atoms with van der Waals surface area (Å²) in [5.41, 5.74) is 0.174. The van der Waals surface area contributed by atoms with Crippen LogP contribution in [0.5, 0.6) is 0 Å². The summed E-state index contributed by atoms with van der Waals surface area (Å²) in [6.45, 7) is 0. The van der Waals surface area contributed by atoms with Gasteiger partial charge in [-0.3, -0.25) is 19.4 Å². The second-order valence-corrected chi connectivity index (χ2v) is 4.63. The molecule has 0 unspecified atom stereocenters. The molecule has 1 aromatic heterocycles. The summed E-state index contributed by atoms with van der Waals surface area (Å²) >= 11 is 0. The topological polar surface area (TPSA) is 121 Å². The first-order valence-corrected chi connectivity index (χ1v) is 6.88. The summed E-state index contributed by atoms with van der Waals surface area (Å²) in [7, 11) is 3.33. The minimum absolute atomic E-state index is 0.174. The lowest BCUT2D eigenvalue weighted by molar-refractivity contribution is -0.158. The summed E-state index contributed by atoms with van der Waals surface area (Å²) in [5.74, 6) is -4.45. The van der Waals surface area contributed by atoms with E-state index in [0.29, 0.717) is 0 Å². The average molecular weight is 338 g/mol. The van der Waals surface area contributed by atoms with Gasteiger partial charge in [-0.05, 0) is 12.1 Å². The Hall–Kier alpha value is -2.97. The van der Waals surface area contributed by atoms with Crippen molar-refractivity contribution in [2.45, 2.75) is 12.5 Å². The minimum atomic E-state index is -1.42. The Morgan fingerprint density at radius 2 is 1.75 bits per heavy atom. The smallest absolute Gasteiger partial charge is 0.329 e. The summed E-state index contributed by atoms with van der Waals surface area (Å²) in [6.07, 6.45) is 2.30. The molecule has 1 aromatic rings. The van der Waals surface area contributed by atoms with E-state index < -0.39 is 42.2 Å². The molecule has 0 saturated heterocycles. The molecule has 0 radical (unpaired) electrons. The number of rotatable bonds is 7. The highest BCUT2D eigenvalue weighted by molar-refractivity contribution is 5.98. The van der Waals surface area contributed by atoms with Crippen LogP contribution in [0.15, 0.2) is 24.5 Å². The van der Waals surface area contributed by atoms with Crippen LogP contribution in [-0.2, 0) is 28.6 Å². The van der Waals surface area contributed by atoms with E-state index in [-0.39, 0.29) is 5.56 Å². The predicted octanol–water partition coefficient (Wildman–Crippen LogP) is -0.295. The SMILES string of the molecule is COC(=O)C[C@H](C(=O)OC)[C@@H](NC(=O)c1cccnc1)C(=O)OC. The molecule has 0 spiro atoms. The molecule has 130 valence electrons. The first-order chi connectivity index (χ1) is 11.4. The molecule has 1 rings (SSSR count). The Labute approximate surface area is 138 Å². The number of nitrogens with zero attached hydrogens (tertiary/aromatic N) is 1. The van der Waals surface area contributed by atoms with Gasteiger partial charge in [-0.2, -0.15) is 0 Å². The van der Waals surface area contributed by atoms with Crippen molar-refractivity contribution < 1.29 is 33.4 Å². The van der Waals surface area contributed by atoms with E-state index in [0.717, 1.165) is 21.3 Å². The number of esters is 3. The van der Waals surface area contributed by atoms with Crippen molar-refractivity contribution in [3.63, 3.8) is 0 Å². The molecule has 1 heterocycles. The standard InChI is InChI=1S/C15H18N2O7/c1-22-11(18)7-10(14(20)23-2)12(15(21)24-3)17-13(19)9-5-4-6-16-8-9/h4-6,8,10,12H,7H2,1-3H3,(H,17,19)/t10-,12+/m0/s1. The Morgan fingerprint density at radius 3 is 2.25 bits per heavy atom. The quantitative estimate of drug-likeness (QED) is 0.531. The van der Waals surface area contributed by atoms with Gasteiger partial charge in [0.2, 0.25) is 0 Å². The van der Waals surface area contributed by atoms with Gasteiger partial charge >= 0.3 is 17.9 Å². The molecular weight excluding hydrogens is 320 g/mol. The number of ether oxygens (including phenoxy) is 3. The second-order valence-electron chi connectivity index (χ2n) is 4.63. The number of amides is 1. The minimum Gasteiger partial charge on any atom is -0.469 e. The van der Waals surface area contributed by atoms with Crippen LogP contribution in [0.4, 0.5) is 0 Å². The summed E-state index contributed by atoms with van der Waals surface area (Å²) in [4.78, 5) is 51.5. The zero-order valence-electron chi connectivity index (χ0n) is 13.5. The van der Waals surface area contributed by atoms with Crippen LogP contribution in [0.3, 0.4) is 0 Å². The van der Waals surface area contributed by atoms with E-state index in [1.165, 1.54) is 24.5 Å². The van der Waals surface area contributed by atoms with E-state index in [4.69, 9.17) is 0 Å². The van der Waals surface area contributed by atoms with Gasteiger partial charge in [0.05, 0.1) is 39.2 Å². The lowest BCUT2D eigenvalue weighted by atomic mass is 9.95. The molecule has 0 aliphatic heterocycles. The van der Waals surface area contributed by atoms with E-state index in [9.17, 15) is 19.2 Å². The van der Waals surface area contributed by atoms with Crippen LogP contribution >= 0.6 is 0 Å². The third kappa shape index (κ3) is 5.04. The van der Waals surface area contributed by atoms with Crippen LogP contribution in [0.2, 0.25) is 0 Å². The molecule has 24 heavy (non-hydrogen) atoms. The zero-order valence-corrected chi connectivity index (χ0v) is 13.5. The maximum Gasteiger partial charge on any atom is 0.329 e. The van der Waals surface area contributed by atoms with Crippen molar-refractivity contribution >= 4 is 23.8 Å². The molecule has 0 aliphatic rings. The number of hydrogen-bond acceptors (Lipinski definition) is 8. The largest absolute Gasteiger partial charge is 0.469 e. The first kappa shape index (κ1) is 19.1. The Morgan fingerprint density at radius 1 is 1.08 bits per heavy atom. The van der Waals surface area contributed by atoms with Gasteiger partial charge in [-0.25, -0.2) is 4.79 Å². The van der Waals surface area contributed by atoms with Gasteiger partial charge in [0.1, 0.15) is 6.04 Å². The summed E-state index contributed by atoms with van der Waals surface area (Å²) < 4.78 is 13.7. The molecule has 9 nitrogen and oxygen atoms in total. The number of hydrogen-bond donors (Lipinski definition) is 1. The van der Waals surface area contributed by atoms with Gasteiger partial charge < -0.3 is 19.5 Å². The second kappa shape index (κ2) is 9.23. The Bertz CT molecular complexity index is 603. The fourth-order valence-electron chi connectivity index (χ4n) is 1.92. The summed E-state index contributed by atoms with van der Waals surface area (Å²) in [6, 6.07) is 1.59. The lowest BCUT2D eigenvalue weighted by Gasteiger charge is -2.23. The highest BCUT2D eigenvalue weighted by Crippen LogP contribution is 2.15. The zero-order chi connectivity index (χ0) is 18.1. The molecule has 0 aliphatic carbocycles. The highest BCUT2D eigenvalue weighted by Gasteiger charge is 2.38. The van der Waals surface area contributed by atoms with Crippen LogP contribution in [0.25, 0.3) is 0 Å². The molecule has 0 aromatic carbocycles. The van der Waals surface area contributed by atoms with Crippen molar-refractivity contribution in [2.75, 3.05) is 21.3 Å². The fourth-order valence-corrected chi connectivity index (χ4v) is 1.92. The monoisotopic (exact) mass is 338 g/mol.